The fraction of sp³-hybridized carbons (Fsp3) is 0.656. The van der Waals surface area contributed by atoms with E-state index in [0.29, 0.717) is 43.4 Å². The zero-order valence-corrected chi connectivity index (χ0v) is 25.6. The molecule has 4 bridgehead atoms. The first-order chi connectivity index (χ1) is 20.4. The molecule has 0 unspecified atom stereocenters. The number of nitrogens with zero attached hydrogens (tertiary/aromatic N) is 1. The van der Waals surface area contributed by atoms with Crippen LogP contribution in [-0.4, -0.2) is 60.4 Å². The minimum absolute atomic E-state index is 0.0406. The number of hydrogen-bond donors (Lipinski definition) is 5. The summed E-state index contributed by atoms with van der Waals surface area (Å²) < 4.78 is 6.13. The second-order valence-electron chi connectivity index (χ2n) is 13.9. The molecule has 0 radical (unpaired) electrons. The number of aldehydes is 1. The Bertz CT molecular complexity index is 1140. The maximum atomic E-state index is 13.8. The molecule has 5 rings (SSSR count). The van der Waals surface area contributed by atoms with Crippen LogP contribution in [0.2, 0.25) is 0 Å². The van der Waals surface area contributed by atoms with Crippen LogP contribution in [0.25, 0.3) is 0 Å². The first-order valence-electron chi connectivity index (χ1n) is 15.5. The van der Waals surface area contributed by atoms with Gasteiger partial charge in [0.15, 0.2) is 5.96 Å². The number of alkyl carbamates (subject to hydrolysis) is 1. The molecule has 4 aliphatic rings. The molecule has 4 saturated carbocycles. The van der Waals surface area contributed by atoms with Crippen LogP contribution in [0.1, 0.15) is 77.7 Å². The number of hydrogen-bond acceptors (Lipinski definition) is 6. The van der Waals surface area contributed by atoms with E-state index >= 15 is 0 Å². The van der Waals surface area contributed by atoms with E-state index in [1.807, 2.05) is 51.1 Å². The van der Waals surface area contributed by atoms with Crippen LogP contribution >= 0.6 is 0 Å². The predicted octanol–water partition coefficient (Wildman–Crippen LogP) is 2.56. The van der Waals surface area contributed by atoms with Crippen molar-refractivity contribution in [2.24, 2.45) is 39.6 Å². The molecule has 43 heavy (non-hydrogen) atoms. The van der Waals surface area contributed by atoms with Crippen molar-refractivity contribution in [2.75, 3.05) is 6.54 Å². The van der Waals surface area contributed by atoms with E-state index in [-0.39, 0.29) is 12.4 Å². The Balaban J connectivity index is 1.43. The highest BCUT2D eigenvalue weighted by molar-refractivity contribution is 5.92. The van der Waals surface area contributed by atoms with Crippen LogP contribution in [0.3, 0.4) is 0 Å². The monoisotopic (exact) mass is 596 g/mol. The highest BCUT2D eigenvalue weighted by Gasteiger charge is 2.53. The molecule has 0 aromatic heterocycles. The van der Waals surface area contributed by atoms with Crippen LogP contribution in [0.15, 0.2) is 35.3 Å². The Morgan fingerprint density at radius 1 is 0.977 bits per heavy atom. The van der Waals surface area contributed by atoms with Gasteiger partial charge in [-0.15, -0.1) is 0 Å². The predicted molar refractivity (Wildman–Crippen MR) is 164 cm³/mol. The summed E-state index contributed by atoms with van der Waals surface area (Å²) in [5.41, 5.74) is 10.4. The summed E-state index contributed by atoms with van der Waals surface area (Å²) in [4.78, 5) is 56.1. The van der Waals surface area contributed by atoms with Gasteiger partial charge < -0.3 is 36.9 Å². The number of guanidine groups is 1. The molecule has 1 aromatic carbocycles. The lowest BCUT2D eigenvalue weighted by Crippen LogP contribution is -2.60. The molecule has 0 spiro atoms. The number of rotatable bonds is 13. The minimum atomic E-state index is -0.985. The Labute approximate surface area is 254 Å². The van der Waals surface area contributed by atoms with E-state index in [2.05, 4.69) is 20.9 Å². The number of aliphatic imine (C=N–C) groups is 1. The molecule has 1 aromatic rings. The van der Waals surface area contributed by atoms with Gasteiger partial charge in [0, 0.05) is 13.0 Å². The van der Waals surface area contributed by atoms with Crippen LogP contribution in [0.4, 0.5) is 4.79 Å². The number of nitrogens with one attached hydrogen (secondary N) is 3. The van der Waals surface area contributed by atoms with E-state index in [4.69, 9.17) is 16.2 Å². The second kappa shape index (κ2) is 13.8. The summed E-state index contributed by atoms with van der Waals surface area (Å²) in [6.07, 6.45) is 7.44. The smallest absolute Gasteiger partial charge is 0.408 e. The number of ether oxygens (including phenoxy) is 1. The largest absolute Gasteiger partial charge is 0.443 e. The van der Waals surface area contributed by atoms with Crippen LogP contribution < -0.4 is 27.4 Å². The van der Waals surface area contributed by atoms with Crippen LogP contribution in [0.5, 0.6) is 0 Å². The summed E-state index contributed by atoms with van der Waals surface area (Å²) in [7, 11) is 0. The van der Waals surface area contributed by atoms with Crippen molar-refractivity contribution in [1.29, 1.82) is 0 Å². The Hall–Kier alpha value is -3.63. The highest BCUT2D eigenvalue weighted by atomic mass is 16.6. The molecular formula is C32H48N6O5. The van der Waals surface area contributed by atoms with Gasteiger partial charge in [0.05, 0.1) is 6.04 Å². The Morgan fingerprint density at radius 2 is 1.58 bits per heavy atom. The van der Waals surface area contributed by atoms with Gasteiger partial charge in [0.1, 0.15) is 24.0 Å². The third-order valence-corrected chi connectivity index (χ3v) is 9.06. The van der Waals surface area contributed by atoms with Crippen molar-refractivity contribution in [3.8, 4) is 0 Å². The molecule has 3 atom stereocenters. The lowest BCUT2D eigenvalue weighted by atomic mass is 9.54. The molecule has 236 valence electrons. The van der Waals surface area contributed by atoms with Gasteiger partial charge in [-0.2, -0.15) is 0 Å². The first-order valence-corrected chi connectivity index (χ1v) is 15.5. The summed E-state index contributed by atoms with van der Waals surface area (Å²) >= 11 is 0. The number of amides is 3. The summed E-state index contributed by atoms with van der Waals surface area (Å²) in [5.74, 6) is 0.793. The number of nitrogens with two attached hydrogens (primary N) is 2. The van der Waals surface area contributed by atoms with E-state index in [1.54, 1.807) is 0 Å². The second-order valence-corrected chi connectivity index (χ2v) is 13.9. The molecule has 0 saturated heterocycles. The van der Waals surface area contributed by atoms with Crippen molar-refractivity contribution in [3.63, 3.8) is 0 Å². The van der Waals surface area contributed by atoms with Gasteiger partial charge in [-0.3, -0.25) is 14.6 Å². The van der Waals surface area contributed by atoms with Gasteiger partial charge in [-0.1, -0.05) is 51.1 Å². The minimum Gasteiger partial charge on any atom is -0.443 e. The zero-order chi connectivity index (χ0) is 31.2. The maximum Gasteiger partial charge on any atom is 0.408 e. The molecule has 0 aliphatic heterocycles. The van der Waals surface area contributed by atoms with E-state index in [1.165, 1.54) is 19.3 Å². The van der Waals surface area contributed by atoms with Crippen LogP contribution in [0, 0.1) is 23.2 Å². The molecule has 4 aliphatic carbocycles. The molecule has 0 heterocycles. The number of benzene rings is 1. The van der Waals surface area contributed by atoms with Crippen molar-refractivity contribution in [3.05, 3.63) is 35.9 Å². The Kier molecular flexibility index (Phi) is 10.3. The molecule has 4 fully saturated rings. The van der Waals surface area contributed by atoms with Crippen molar-refractivity contribution in [1.82, 2.24) is 16.0 Å². The van der Waals surface area contributed by atoms with Crippen molar-refractivity contribution < 1.29 is 23.9 Å². The fourth-order valence-corrected chi connectivity index (χ4v) is 7.47. The fourth-order valence-electron chi connectivity index (χ4n) is 7.47. The summed E-state index contributed by atoms with van der Waals surface area (Å²) in [6, 6.07) is 6.58. The quantitative estimate of drug-likeness (QED) is 0.100. The van der Waals surface area contributed by atoms with Crippen LogP contribution in [-0.2, 0) is 25.5 Å². The van der Waals surface area contributed by atoms with E-state index in [9.17, 15) is 19.2 Å². The first kappa shape index (κ1) is 32.3. The third kappa shape index (κ3) is 8.93. The summed E-state index contributed by atoms with van der Waals surface area (Å²) in [5, 5.41) is 8.44. The van der Waals surface area contributed by atoms with Gasteiger partial charge in [0.2, 0.25) is 11.8 Å². The molecule has 11 nitrogen and oxygen atoms in total. The maximum absolute atomic E-state index is 13.8. The van der Waals surface area contributed by atoms with E-state index < -0.39 is 47.0 Å². The molecular weight excluding hydrogens is 548 g/mol. The van der Waals surface area contributed by atoms with Gasteiger partial charge in [0.25, 0.3) is 0 Å². The highest BCUT2D eigenvalue weighted by Crippen LogP contribution is 2.57. The normalized spacial score (nSPS) is 26.0. The molecule has 7 N–H and O–H groups in total. The Morgan fingerprint density at radius 3 is 2.12 bits per heavy atom. The SMILES string of the molecule is CC(C)(C)[C@@H](NC(=O)OC12CC3CC(CC(C3)C1)C2)C(=O)N[C@@H](Cc1ccccc1)C(=O)N[C@H](C=O)CCCN=C(N)N. The topological polar surface area (TPSA) is 178 Å². The lowest BCUT2D eigenvalue weighted by molar-refractivity contribution is -0.135. The standard InChI is InChI=1S/C32H48N6O5/c1-31(2,3)26(38-30(42)43-32-16-21-12-22(17-32)14-23(13-21)18-32)28(41)37-25(15-20-8-5-4-6-9-20)27(40)36-24(19-39)10-7-11-35-29(33)34/h4-6,8-9,19,21-26H,7,10-18H2,1-3H3,(H,36,40)(H,37,41)(H,38,42)(H4,33,34,35)/t21?,22?,23?,24-,25-,26-,32?/m0/s1. The third-order valence-electron chi connectivity index (χ3n) is 9.06. The van der Waals surface area contributed by atoms with Gasteiger partial charge in [-0.25, -0.2) is 4.79 Å². The molecule has 3 amide bonds. The van der Waals surface area contributed by atoms with Crippen molar-refractivity contribution in [2.45, 2.75) is 102 Å². The van der Waals surface area contributed by atoms with Gasteiger partial charge >= 0.3 is 6.09 Å². The average Bonchev–Trinajstić information content (AvgIpc) is 2.91. The van der Waals surface area contributed by atoms with Crippen molar-refractivity contribution >= 4 is 30.2 Å². The molecule has 11 heteroatoms. The summed E-state index contributed by atoms with van der Waals surface area (Å²) in [6.45, 7) is 5.89. The van der Waals surface area contributed by atoms with Gasteiger partial charge in [-0.05, 0) is 80.1 Å². The average molecular weight is 597 g/mol. The number of carbonyl (C=O) groups excluding carboxylic acids is 4. The lowest BCUT2D eigenvalue weighted by Gasteiger charge is -2.55. The van der Waals surface area contributed by atoms with E-state index in [0.717, 1.165) is 24.8 Å². The number of carbonyl (C=O) groups is 4. The zero-order valence-electron chi connectivity index (χ0n) is 25.6.